The Morgan fingerprint density at radius 1 is 1.29 bits per heavy atom. The van der Waals surface area contributed by atoms with Crippen LogP contribution in [-0.2, 0) is 0 Å². The molecule has 0 amide bonds. The number of aromatic hydroxyl groups is 2. The molecule has 2 aromatic carbocycles. The van der Waals surface area contributed by atoms with Crippen LogP contribution in [0.15, 0.2) is 45.6 Å². The molecule has 146 valence electrons. The first-order valence-electron chi connectivity index (χ1n) is 12.1. The van der Waals surface area contributed by atoms with E-state index >= 15 is 0 Å². The Hall–Kier alpha value is -2.54. The Labute approximate surface area is 177 Å². The second-order valence-corrected chi connectivity index (χ2v) is 6.49. The van der Waals surface area contributed by atoms with Crippen LogP contribution >= 0.6 is 11.6 Å². The van der Waals surface area contributed by atoms with Gasteiger partial charge in [-0.3, -0.25) is 4.79 Å². The van der Waals surface area contributed by atoms with Gasteiger partial charge in [0.05, 0.1) is 12.5 Å². The molecule has 2 atom stereocenters. The van der Waals surface area contributed by atoms with Crippen molar-refractivity contribution in [1.29, 1.82) is 0 Å². The van der Waals surface area contributed by atoms with E-state index in [9.17, 15) is 20.1 Å². The molecule has 28 heavy (non-hydrogen) atoms. The summed E-state index contributed by atoms with van der Waals surface area (Å²) in [4.78, 5) is 13.2. The molecule has 1 aromatic heterocycles. The van der Waals surface area contributed by atoms with Crippen molar-refractivity contribution in [2.75, 3.05) is 20.0 Å². The Kier molecular flexibility index (Phi) is 2.92. The number of phenols is 2. The first-order chi connectivity index (χ1) is 16.4. The van der Waals surface area contributed by atoms with Crippen molar-refractivity contribution in [3.8, 4) is 22.8 Å². The lowest BCUT2D eigenvalue weighted by Gasteiger charge is -2.34. The molecule has 0 spiro atoms. The molecule has 4 rings (SSSR count). The molecule has 1 saturated heterocycles. The van der Waals surface area contributed by atoms with Gasteiger partial charge in [-0.15, -0.1) is 0 Å². The molecule has 1 aliphatic heterocycles. The summed E-state index contributed by atoms with van der Waals surface area (Å²) in [5.41, 5.74) is -2.73. The molecule has 1 fully saturated rings. The number of piperidine rings is 1. The van der Waals surface area contributed by atoms with Crippen LogP contribution in [0.4, 0.5) is 0 Å². The fraction of sp³-hybridized carbons (Fsp3) is 0.286. The predicted molar refractivity (Wildman–Crippen MR) is 107 cm³/mol. The van der Waals surface area contributed by atoms with E-state index in [1.807, 2.05) is 0 Å². The van der Waals surface area contributed by atoms with Gasteiger partial charge in [-0.25, -0.2) is 0 Å². The fourth-order valence-electron chi connectivity index (χ4n) is 2.96. The highest BCUT2D eigenvalue weighted by molar-refractivity contribution is 6.33. The van der Waals surface area contributed by atoms with Crippen molar-refractivity contribution in [3.63, 3.8) is 0 Å². The minimum absolute atomic E-state index is 0.116. The Morgan fingerprint density at radius 3 is 2.79 bits per heavy atom. The van der Waals surface area contributed by atoms with E-state index in [2.05, 4.69) is 0 Å². The summed E-state index contributed by atoms with van der Waals surface area (Å²) in [5.74, 6) is -5.90. The summed E-state index contributed by atoms with van der Waals surface area (Å²) in [6.45, 7) is -6.73. The summed E-state index contributed by atoms with van der Waals surface area (Å²) < 4.78 is 73.2. The summed E-state index contributed by atoms with van der Waals surface area (Å²) in [6, 6.07) is 7.56. The van der Waals surface area contributed by atoms with Crippen LogP contribution in [0.25, 0.3) is 22.3 Å². The van der Waals surface area contributed by atoms with E-state index in [1.165, 1.54) is 12.1 Å². The third kappa shape index (κ3) is 3.13. The van der Waals surface area contributed by atoms with E-state index in [0.29, 0.717) is 6.07 Å². The molecule has 3 aromatic rings. The van der Waals surface area contributed by atoms with Crippen LogP contribution in [0.1, 0.15) is 28.8 Å². The quantitative estimate of drug-likeness (QED) is 0.601. The smallest absolute Gasteiger partial charge is 0.197 e. The number of likely N-dealkylation sites (N-methyl/N-ethyl adjacent to an activating group) is 1. The lowest BCUT2D eigenvalue weighted by Crippen LogP contribution is -2.40. The van der Waals surface area contributed by atoms with Gasteiger partial charge < -0.3 is 24.6 Å². The van der Waals surface area contributed by atoms with Gasteiger partial charge in [0.1, 0.15) is 28.2 Å². The standard InChI is InChI=1S/C21H20ClNO5/c1-23-7-6-12(17(27)10-23)19-14(24)8-15(25)20-16(26)9-18(28-21(19)20)11-4-2-3-5-13(11)22/h2-5,8-9,12,17,24-25,27H,6-7,10H2,1H3/i6D2,7D2,10D2,12D,17D. The first kappa shape index (κ1) is 11.5. The highest BCUT2D eigenvalue weighted by Gasteiger charge is 2.33. The van der Waals surface area contributed by atoms with Crippen molar-refractivity contribution in [2.24, 2.45) is 0 Å². The zero-order valence-electron chi connectivity index (χ0n) is 22.4. The van der Waals surface area contributed by atoms with E-state index < -0.39 is 64.8 Å². The Bertz CT molecular complexity index is 1430. The molecule has 6 nitrogen and oxygen atoms in total. The Balaban J connectivity index is 2.23. The van der Waals surface area contributed by atoms with Crippen LogP contribution in [0.5, 0.6) is 11.5 Å². The molecule has 0 radical (unpaired) electrons. The second kappa shape index (κ2) is 7.13. The largest absolute Gasteiger partial charge is 0.507 e. The minimum Gasteiger partial charge on any atom is -0.507 e. The number of nitrogens with zero attached hydrogens (tertiary/aromatic N) is 1. The second-order valence-electron chi connectivity index (χ2n) is 6.08. The first-order valence-corrected chi connectivity index (χ1v) is 8.48. The highest BCUT2D eigenvalue weighted by atomic mass is 35.5. The molecule has 3 N–H and O–H groups in total. The van der Waals surface area contributed by atoms with Gasteiger partial charge in [0.15, 0.2) is 5.43 Å². The molecule has 2 unspecified atom stereocenters. The van der Waals surface area contributed by atoms with E-state index in [1.54, 1.807) is 12.1 Å². The maximum absolute atomic E-state index is 13.0. The molecule has 0 bridgehead atoms. The number of benzene rings is 2. The van der Waals surface area contributed by atoms with Crippen LogP contribution in [0.3, 0.4) is 0 Å². The normalized spacial score (nSPS) is 35.4. The van der Waals surface area contributed by atoms with Gasteiger partial charge >= 0.3 is 0 Å². The van der Waals surface area contributed by atoms with Gasteiger partial charge in [0.2, 0.25) is 0 Å². The fourth-order valence-corrected chi connectivity index (χ4v) is 3.19. The highest BCUT2D eigenvalue weighted by Crippen LogP contribution is 2.42. The molecule has 7 heteroatoms. The van der Waals surface area contributed by atoms with Crippen molar-refractivity contribution in [2.45, 2.75) is 18.3 Å². The van der Waals surface area contributed by atoms with Crippen LogP contribution in [0.2, 0.25) is 5.02 Å². The van der Waals surface area contributed by atoms with E-state index in [0.717, 1.165) is 13.1 Å². The number of hydrogen-bond donors (Lipinski definition) is 3. The van der Waals surface area contributed by atoms with Crippen molar-refractivity contribution in [1.82, 2.24) is 4.90 Å². The predicted octanol–water partition coefficient (Wildman–Crippen LogP) is 3.30. The lowest BCUT2D eigenvalue weighted by molar-refractivity contribution is 0.0630. The van der Waals surface area contributed by atoms with E-state index in [4.69, 9.17) is 27.0 Å². The molecule has 0 saturated carbocycles. The number of halogens is 1. The Morgan fingerprint density at radius 2 is 2.04 bits per heavy atom. The van der Waals surface area contributed by atoms with Crippen molar-refractivity contribution in [3.05, 3.63) is 57.2 Å². The maximum atomic E-state index is 13.0. The third-order valence-electron chi connectivity index (χ3n) is 4.21. The van der Waals surface area contributed by atoms with Crippen LogP contribution in [-0.4, -0.2) is 46.3 Å². The average Bonchev–Trinajstić information content (AvgIpc) is 2.76. The van der Waals surface area contributed by atoms with Gasteiger partial charge in [0, 0.05) is 45.2 Å². The topological polar surface area (TPSA) is 94.1 Å². The molecular formula is C21H20ClNO5. The number of β-amino-alcohol motifs (C(OH)–C–C–N with tert-alkyl or cyclic N) is 1. The summed E-state index contributed by atoms with van der Waals surface area (Å²) in [7, 11) is 0.793. The van der Waals surface area contributed by atoms with Crippen LogP contribution < -0.4 is 5.43 Å². The number of hydrogen-bond acceptors (Lipinski definition) is 6. The van der Waals surface area contributed by atoms with Gasteiger partial charge in [0.25, 0.3) is 0 Å². The number of rotatable bonds is 2. The zero-order chi connectivity index (χ0) is 27.2. The van der Waals surface area contributed by atoms with Gasteiger partial charge in [-0.05, 0) is 32.1 Å². The summed E-state index contributed by atoms with van der Waals surface area (Å²) in [6.07, 6.45) is -7.42. The van der Waals surface area contributed by atoms with Crippen LogP contribution in [0, 0.1) is 0 Å². The number of phenolic OH excluding ortho intramolecular Hbond substituents is 2. The number of fused-ring (bicyclic) bond motifs is 1. The third-order valence-corrected chi connectivity index (χ3v) is 4.54. The summed E-state index contributed by atoms with van der Waals surface area (Å²) >= 11 is 6.19. The van der Waals surface area contributed by atoms with E-state index in [-0.39, 0.29) is 21.2 Å². The molecule has 1 aliphatic rings. The SMILES string of the molecule is [2H]C1([2H])N(C)C([2H])([2H])C([2H])(O)C([2H])(c2c(O)cc(O)c3c(=O)cc(-c4ccccc4Cl)oc23)C1([2H])[2H]. The zero-order valence-corrected chi connectivity index (χ0v) is 15.2. The minimum atomic E-state index is -3.80. The average molecular weight is 410 g/mol. The molecular weight excluding hydrogens is 382 g/mol. The van der Waals surface area contributed by atoms with Crippen molar-refractivity contribution >= 4 is 22.6 Å². The van der Waals surface area contributed by atoms with Crippen molar-refractivity contribution < 1.29 is 30.7 Å². The molecule has 2 heterocycles. The maximum Gasteiger partial charge on any atom is 0.197 e. The van der Waals surface area contributed by atoms with Gasteiger partial charge in [-0.2, -0.15) is 0 Å². The molecule has 0 aliphatic carbocycles. The summed E-state index contributed by atoms with van der Waals surface area (Å²) in [5, 5.41) is 31.7. The number of likely N-dealkylation sites (tertiary alicyclic amines) is 1. The number of aliphatic hydroxyl groups is 1. The monoisotopic (exact) mass is 409 g/mol. The lowest BCUT2D eigenvalue weighted by atomic mass is 9.85. The van der Waals surface area contributed by atoms with Gasteiger partial charge in [-0.1, -0.05) is 23.7 Å².